The van der Waals surface area contributed by atoms with Crippen molar-refractivity contribution in [2.24, 2.45) is 0 Å². The summed E-state index contributed by atoms with van der Waals surface area (Å²) in [4.78, 5) is 12.1. The third-order valence-corrected chi connectivity index (χ3v) is 3.49. The third kappa shape index (κ3) is 4.39. The second kappa shape index (κ2) is 8.08. The van der Waals surface area contributed by atoms with E-state index in [-0.39, 0.29) is 5.91 Å². The first-order valence-corrected chi connectivity index (χ1v) is 7.27. The largest absolute Gasteiger partial charge is 0.496 e. The molecule has 1 amide bonds. The zero-order valence-corrected chi connectivity index (χ0v) is 13.6. The molecule has 0 atom stereocenters. The van der Waals surface area contributed by atoms with Gasteiger partial charge in [-0.25, -0.2) is 0 Å². The summed E-state index contributed by atoms with van der Waals surface area (Å²) in [6.07, 6.45) is 0.335. The number of carbonyl (C=O) groups excluding carboxylic acids is 1. The first kappa shape index (κ1) is 16.7. The van der Waals surface area contributed by atoms with Gasteiger partial charge in [0.1, 0.15) is 17.2 Å². The lowest BCUT2D eigenvalue weighted by Gasteiger charge is -2.15. The summed E-state index contributed by atoms with van der Waals surface area (Å²) in [6, 6.07) is 13.1. The smallest absolute Gasteiger partial charge is 0.224 e. The Labute approximate surface area is 136 Å². The van der Waals surface area contributed by atoms with Gasteiger partial charge in [0.15, 0.2) is 0 Å². The Morgan fingerprint density at radius 2 is 1.57 bits per heavy atom. The number of methoxy groups -OCH3 is 3. The molecule has 5 nitrogen and oxygen atoms in total. The molecule has 0 aliphatic rings. The van der Waals surface area contributed by atoms with E-state index in [1.807, 2.05) is 30.3 Å². The Bertz CT molecular complexity index is 630. The highest BCUT2D eigenvalue weighted by Crippen LogP contribution is 2.33. The van der Waals surface area contributed by atoms with Gasteiger partial charge < -0.3 is 19.5 Å². The van der Waals surface area contributed by atoms with Crippen molar-refractivity contribution >= 4 is 5.91 Å². The molecule has 1 N–H and O–H groups in total. The van der Waals surface area contributed by atoms with Gasteiger partial charge in [0, 0.05) is 12.1 Å². The first-order valence-electron chi connectivity index (χ1n) is 7.27. The Hall–Kier alpha value is -2.69. The average molecular weight is 315 g/mol. The second-order valence-corrected chi connectivity index (χ2v) is 4.95. The summed E-state index contributed by atoms with van der Waals surface area (Å²) < 4.78 is 16.0. The number of amides is 1. The van der Waals surface area contributed by atoms with E-state index in [0.29, 0.717) is 30.2 Å². The molecule has 23 heavy (non-hydrogen) atoms. The summed E-state index contributed by atoms with van der Waals surface area (Å²) in [7, 11) is 4.72. The van der Waals surface area contributed by atoms with Crippen LogP contribution in [0.25, 0.3) is 0 Å². The van der Waals surface area contributed by atoms with Crippen molar-refractivity contribution < 1.29 is 19.0 Å². The number of nitrogens with one attached hydrogen (secondary N) is 1. The minimum atomic E-state index is -0.0591. The Morgan fingerprint density at radius 1 is 0.957 bits per heavy atom. The Kier molecular flexibility index (Phi) is 5.86. The fraction of sp³-hybridized carbons (Fsp3) is 0.278. The first-order chi connectivity index (χ1) is 11.2. The number of rotatable bonds is 7. The van der Waals surface area contributed by atoms with Crippen molar-refractivity contribution in [1.29, 1.82) is 0 Å². The van der Waals surface area contributed by atoms with Crippen LogP contribution in [0.15, 0.2) is 42.5 Å². The highest BCUT2D eigenvalue weighted by molar-refractivity contribution is 5.78. The Morgan fingerprint density at radius 3 is 2.09 bits per heavy atom. The van der Waals surface area contributed by atoms with Gasteiger partial charge in [-0.3, -0.25) is 4.79 Å². The number of hydrogen-bond donors (Lipinski definition) is 1. The highest BCUT2D eigenvalue weighted by atomic mass is 16.5. The molecule has 0 unspecified atom stereocenters. The van der Waals surface area contributed by atoms with Crippen molar-refractivity contribution in [1.82, 2.24) is 5.32 Å². The van der Waals surface area contributed by atoms with Crippen molar-refractivity contribution in [2.45, 2.75) is 13.0 Å². The molecule has 0 radical (unpaired) electrons. The molecule has 2 rings (SSSR count). The number of benzene rings is 2. The van der Waals surface area contributed by atoms with Crippen molar-refractivity contribution in [3.8, 4) is 17.2 Å². The van der Waals surface area contributed by atoms with Gasteiger partial charge >= 0.3 is 0 Å². The molecule has 0 heterocycles. The van der Waals surface area contributed by atoms with E-state index in [1.54, 1.807) is 33.5 Å². The van der Waals surface area contributed by atoms with Crippen molar-refractivity contribution in [2.75, 3.05) is 21.3 Å². The zero-order chi connectivity index (χ0) is 16.7. The normalized spacial score (nSPS) is 10.0. The predicted octanol–water partition coefficient (Wildman–Crippen LogP) is 2.57. The van der Waals surface area contributed by atoms with Crippen molar-refractivity contribution in [3.05, 3.63) is 53.6 Å². The minimum Gasteiger partial charge on any atom is -0.496 e. The van der Waals surface area contributed by atoms with Gasteiger partial charge in [-0.1, -0.05) is 30.3 Å². The van der Waals surface area contributed by atoms with Gasteiger partial charge in [0.2, 0.25) is 5.91 Å². The van der Waals surface area contributed by atoms with Crippen LogP contribution in [0.2, 0.25) is 0 Å². The van der Waals surface area contributed by atoms with E-state index >= 15 is 0 Å². The molecule has 0 spiro atoms. The van der Waals surface area contributed by atoms with Gasteiger partial charge in [-0.05, 0) is 5.56 Å². The number of ether oxygens (including phenoxy) is 3. The fourth-order valence-electron chi connectivity index (χ4n) is 2.28. The van der Waals surface area contributed by atoms with Gasteiger partial charge in [0.25, 0.3) is 0 Å². The van der Waals surface area contributed by atoms with Crippen LogP contribution in [-0.4, -0.2) is 27.2 Å². The van der Waals surface area contributed by atoms with E-state index in [9.17, 15) is 4.79 Å². The van der Waals surface area contributed by atoms with Gasteiger partial charge in [-0.2, -0.15) is 0 Å². The summed E-state index contributed by atoms with van der Waals surface area (Å²) in [5.74, 6) is 1.80. The molecule has 0 bridgehead atoms. The predicted molar refractivity (Wildman–Crippen MR) is 88.1 cm³/mol. The average Bonchev–Trinajstić information content (AvgIpc) is 2.59. The SMILES string of the molecule is COc1cc(OC)c(CNC(=O)Cc2ccccc2)c(OC)c1. The molecule has 0 aliphatic heterocycles. The maximum absolute atomic E-state index is 12.1. The summed E-state index contributed by atoms with van der Waals surface area (Å²) in [5.41, 5.74) is 1.75. The van der Waals surface area contributed by atoms with Crippen LogP contribution in [0.3, 0.4) is 0 Å². The van der Waals surface area contributed by atoms with Crippen LogP contribution in [0, 0.1) is 0 Å². The van der Waals surface area contributed by atoms with Crippen LogP contribution in [0.4, 0.5) is 0 Å². The molecule has 0 saturated carbocycles. The Balaban J connectivity index is 2.08. The summed E-state index contributed by atoms with van der Waals surface area (Å²) in [5, 5.41) is 2.89. The van der Waals surface area contributed by atoms with Crippen LogP contribution in [0.1, 0.15) is 11.1 Å². The molecule has 0 aromatic heterocycles. The summed E-state index contributed by atoms with van der Waals surface area (Å²) >= 11 is 0. The zero-order valence-electron chi connectivity index (χ0n) is 13.6. The molecular weight excluding hydrogens is 294 g/mol. The fourth-order valence-corrected chi connectivity index (χ4v) is 2.28. The quantitative estimate of drug-likeness (QED) is 0.853. The van der Waals surface area contributed by atoms with E-state index in [0.717, 1.165) is 11.1 Å². The van der Waals surface area contributed by atoms with Crippen LogP contribution in [0.5, 0.6) is 17.2 Å². The van der Waals surface area contributed by atoms with Crippen LogP contribution < -0.4 is 19.5 Å². The summed E-state index contributed by atoms with van der Waals surface area (Å²) in [6.45, 7) is 0.321. The van der Waals surface area contributed by atoms with Gasteiger partial charge in [-0.15, -0.1) is 0 Å². The monoisotopic (exact) mass is 315 g/mol. The molecule has 0 aliphatic carbocycles. The van der Waals surface area contributed by atoms with Gasteiger partial charge in [0.05, 0.1) is 39.9 Å². The molecular formula is C18H21NO4. The topological polar surface area (TPSA) is 56.8 Å². The van der Waals surface area contributed by atoms with Crippen LogP contribution in [-0.2, 0) is 17.8 Å². The van der Waals surface area contributed by atoms with Crippen LogP contribution >= 0.6 is 0 Å². The van der Waals surface area contributed by atoms with E-state index < -0.39 is 0 Å². The van der Waals surface area contributed by atoms with E-state index in [4.69, 9.17) is 14.2 Å². The minimum absolute atomic E-state index is 0.0591. The molecule has 2 aromatic rings. The molecule has 0 saturated heterocycles. The van der Waals surface area contributed by atoms with E-state index in [1.165, 1.54) is 0 Å². The highest BCUT2D eigenvalue weighted by Gasteiger charge is 2.14. The van der Waals surface area contributed by atoms with E-state index in [2.05, 4.69) is 5.32 Å². The maximum Gasteiger partial charge on any atom is 0.224 e. The molecule has 5 heteroatoms. The lowest BCUT2D eigenvalue weighted by molar-refractivity contribution is -0.120. The van der Waals surface area contributed by atoms with Crippen molar-refractivity contribution in [3.63, 3.8) is 0 Å². The number of hydrogen-bond acceptors (Lipinski definition) is 4. The lowest BCUT2D eigenvalue weighted by Crippen LogP contribution is -2.25. The molecule has 122 valence electrons. The molecule has 2 aromatic carbocycles. The third-order valence-electron chi connectivity index (χ3n) is 3.49. The molecule has 0 fully saturated rings. The number of carbonyl (C=O) groups is 1. The maximum atomic E-state index is 12.1. The second-order valence-electron chi connectivity index (χ2n) is 4.95. The standard InChI is InChI=1S/C18H21NO4/c1-21-14-10-16(22-2)15(17(11-14)23-3)12-19-18(20)9-13-7-5-4-6-8-13/h4-8,10-11H,9,12H2,1-3H3,(H,19,20). The lowest BCUT2D eigenvalue weighted by atomic mass is 10.1.